The average Bonchev–Trinajstić information content (AvgIpc) is 3.27. The number of benzene rings is 1. The minimum absolute atomic E-state index is 0.151. The van der Waals surface area contributed by atoms with E-state index in [1.54, 1.807) is 12.4 Å². The first-order valence-electron chi connectivity index (χ1n) is 11.0. The van der Waals surface area contributed by atoms with E-state index in [-0.39, 0.29) is 5.91 Å². The fraction of sp³-hybridized carbons (Fsp3) is 0.417. The molecule has 0 saturated heterocycles. The topological polar surface area (TPSA) is 63.9 Å². The average molecular weight is 436 g/mol. The lowest BCUT2D eigenvalue weighted by atomic mass is 9.94. The van der Waals surface area contributed by atoms with Crippen LogP contribution in [0.25, 0.3) is 17.1 Å². The highest BCUT2D eigenvalue weighted by Gasteiger charge is 2.23. The van der Waals surface area contributed by atoms with Crippen LogP contribution in [0.4, 0.5) is 0 Å². The van der Waals surface area contributed by atoms with Crippen molar-refractivity contribution in [3.8, 4) is 17.1 Å². The van der Waals surface area contributed by atoms with Gasteiger partial charge in [0, 0.05) is 36.7 Å². The second kappa shape index (κ2) is 10.1. The van der Waals surface area contributed by atoms with E-state index < -0.39 is 0 Å². The summed E-state index contributed by atoms with van der Waals surface area (Å²) < 4.78 is 2.04. The molecule has 0 atom stereocenters. The quantitative estimate of drug-likeness (QED) is 0.500. The van der Waals surface area contributed by atoms with Crippen LogP contribution in [-0.2, 0) is 11.2 Å². The van der Waals surface area contributed by atoms with Gasteiger partial charge < -0.3 is 4.90 Å². The lowest BCUT2D eigenvalue weighted by Gasteiger charge is -2.31. The Bertz CT molecular complexity index is 997. The first-order chi connectivity index (χ1) is 15.2. The number of aromatic nitrogens is 4. The van der Waals surface area contributed by atoms with Crippen LogP contribution in [0.2, 0.25) is 0 Å². The number of aryl methyl sites for hydroxylation is 1. The van der Waals surface area contributed by atoms with Gasteiger partial charge in [-0.1, -0.05) is 50.1 Å². The summed E-state index contributed by atoms with van der Waals surface area (Å²) >= 11 is 1.45. The van der Waals surface area contributed by atoms with Gasteiger partial charge in [-0.05, 0) is 49.1 Å². The highest BCUT2D eigenvalue weighted by molar-refractivity contribution is 7.99. The van der Waals surface area contributed by atoms with E-state index in [2.05, 4.69) is 46.4 Å². The zero-order chi connectivity index (χ0) is 21.6. The zero-order valence-electron chi connectivity index (χ0n) is 18.2. The van der Waals surface area contributed by atoms with Crippen molar-refractivity contribution in [1.29, 1.82) is 0 Å². The van der Waals surface area contributed by atoms with E-state index in [9.17, 15) is 4.79 Å². The Morgan fingerprint density at radius 1 is 1.06 bits per heavy atom. The molecule has 1 aliphatic carbocycles. The normalized spacial score (nSPS) is 14.5. The summed E-state index contributed by atoms with van der Waals surface area (Å²) in [7, 11) is 1.94. The van der Waals surface area contributed by atoms with Crippen LogP contribution < -0.4 is 0 Å². The van der Waals surface area contributed by atoms with Crippen LogP contribution in [-0.4, -0.2) is 49.4 Å². The Balaban J connectivity index is 1.58. The van der Waals surface area contributed by atoms with Gasteiger partial charge in [0.15, 0.2) is 11.0 Å². The molecule has 0 spiro atoms. The van der Waals surface area contributed by atoms with E-state index >= 15 is 0 Å². The third kappa shape index (κ3) is 4.98. The molecule has 2 aromatic heterocycles. The second-order valence-corrected chi connectivity index (χ2v) is 8.93. The summed E-state index contributed by atoms with van der Waals surface area (Å²) in [5.41, 5.74) is 3.21. The first kappa shape index (κ1) is 21.6. The molecule has 0 radical (unpaired) electrons. The van der Waals surface area contributed by atoms with Crippen molar-refractivity contribution in [2.24, 2.45) is 0 Å². The summed E-state index contributed by atoms with van der Waals surface area (Å²) in [6.07, 6.45) is 10.4. The van der Waals surface area contributed by atoms with E-state index in [1.807, 2.05) is 28.6 Å². The number of hydrogen-bond donors (Lipinski definition) is 0. The van der Waals surface area contributed by atoms with Crippen LogP contribution in [0.15, 0.2) is 53.9 Å². The number of amides is 1. The van der Waals surface area contributed by atoms with Gasteiger partial charge in [-0.25, -0.2) is 0 Å². The number of nitrogens with zero attached hydrogens (tertiary/aromatic N) is 5. The lowest BCUT2D eigenvalue weighted by Crippen LogP contribution is -2.39. The molecule has 2 heterocycles. The van der Waals surface area contributed by atoms with Crippen LogP contribution in [0, 0.1) is 0 Å². The number of rotatable bonds is 7. The minimum atomic E-state index is 0.151. The van der Waals surface area contributed by atoms with Gasteiger partial charge in [-0.2, -0.15) is 0 Å². The van der Waals surface area contributed by atoms with Crippen molar-refractivity contribution in [2.45, 2.75) is 56.6 Å². The van der Waals surface area contributed by atoms with E-state index in [0.717, 1.165) is 41.5 Å². The Hall–Kier alpha value is -2.67. The maximum absolute atomic E-state index is 12.9. The monoisotopic (exact) mass is 435 g/mol. The van der Waals surface area contributed by atoms with Gasteiger partial charge in [0.05, 0.1) is 5.75 Å². The molecule has 6 nitrogen and oxygen atoms in total. The third-order valence-electron chi connectivity index (χ3n) is 6.02. The molecule has 0 aliphatic heterocycles. The molecule has 3 aromatic rings. The molecule has 0 unspecified atom stereocenters. The summed E-state index contributed by atoms with van der Waals surface area (Å²) in [6, 6.07) is 12.7. The Morgan fingerprint density at radius 3 is 2.45 bits per heavy atom. The van der Waals surface area contributed by atoms with Crippen LogP contribution >= 0.6 is 11.8 Å². The zero-order valence-corrected chi connectivity index (χ0v) is 19.0. The summed E-state index contributed by atoms with van der Waals surface area (Å²) in [6.45, 7) is 2.14. The van der Waals surface area contributed by atoms with Gasteiger partial charge in [-0.3, -0.25) is 14.3 Å². The predicted molar refractivity (Wildman–Crippen MR) is 124 cm³/mol. The Kier molecular flexibility index (Phi) is 7.02. The molecular weight excluding hydrogens is 406 g/mol. The number of hydrogen-bond acceptors (Lipinski definition) is 5. The molecule has 31 heavy (non-hydrogen) atoms. The SMILES string of the molecule is CCc1ccc(-n2c(SCC(=O)N(C)C3CCCCC3)nnc2-c2ccncc2)cc1. The number of thioether (sulfide) groups is 1. The Morgan fingerprint density at radius 2 is 1.77 bits per heavy atom. The van der Waals surface area contributed by atoms with E-state index in [0.29, 0.717) is 11.8 Å². The molecular formula is C24H29N5OS. The van der Waals surface area contributed by atoms with E-state index in [4.69, 9.17) is 0 Å². The molecule has 1 aliphatic rings. The smallest absolute Gasteiger partial charge is 0.233 e. The fourth-order valence-electron chi connectivity index (χ4n) is 4.06. The molecule has 4 rings (SSSR count). The van der Waals surface area contributed by atoms with Gasteiger partial charge in [-0.15, -0.1) is 10.2 Å². The maximum atomic E-state index is 12.9. The van der Waals surface area contributed by atoms with Gasteiger partial charge in [0.25, 0.3) is 0 Å². The van der Waals surface area contributed by atoms with Crippen molar-refractivity contribution >= 4 is 17.7 Å². The highest BCUT2D eigenvalue weighted by atomic mass is 32.2. The summed E-state index contributed by atoms with van der Waals surface area (Å²) in [5.74, 6) is 1.26. The molecule has 0 N–H and O–H groups in total. The second-order valence-electron chi connectivity index (χ2n) is 7.98. The molecule has 1 fully saturated rings. The molecule has 162 valence electrons. The fourth-order valence-corrected chi connectivity index (χ4v) is 4.94. The highest BCUT2D eigenvalue weighted by Crippen LogP contribution is 2.29. The van der Waals surface area contributed by atoms with Crippen molar-refractivity contribution in [2.75, 3.05) is 12.8 Å². The molecule has 1 aromatic carbocycles. The Labute approximate surface area is 188 Å². The number of carbonyl (C=O) groups excluding carboxylic acids is 1. The summed E-state index contributed by atoms with van der Waals surface area (Å²) in [4.78, 5) is 18.9. The minimum Gasteiger partial charge on any atom is -0.342 e. The molecule has 0 bridgehead atoms. The first-order valence-corrected chi connectivity index (χ1v) is 12.0. The standard InChI is InChI=1S/C24H29N5OS/c1-3-18-9-11-21(12-10-18)29-23(19-13-15-25-16-14-19)26-27-24(29)31-17-22(30)28(2)20-7-5-4-6-8-20/h9-16,20H,3-8,17H2,1-2H3. The van der Waals surface area contributed by atoms with Crippen LogP contribution in [0.1, 0.15) is 44.6 Å². The van der Waals surface area contributed by atoms with E-state index in [1.165, 1.54) is 36.6 Å². The van der Waals surface area contributed by atoms with Crippen molar-refractivity contribution in [3.63, 3.8) is 0 Å². The molecule has 1 amide bonds. The molecule has 7 heteroatoms. The van der Waals surface area contributed by atoms with Gasteiger partial charge >= 0.3 is 0 Å². The van der Waals surface area contributed by atoms with Crippen molar-refractivity contribution in [1.82, 2.24) is 24.6 Å². The van der Waals surface area contributed by atoms with Crippen LogP contribution in [0.3, 0.4) is 0 Å². The van der Waals surface area contributed by atoms with Crippen molar-refractivity contribution < 1.29 is 4.79 Å². The van der Waals surface area contributed by atoms with Gasteiger partial charge in [0.2, 0.25) is 5.91 Å². The predicted octanol–water partition coefficient (Wildman–Crippen LogP) is 4.77. The molecule has 1 saturated carbocycles. The maximum Gasteiger partial charge on any atom is 0.233 e. The van der Waals surface area contributed by atoms with Gasteiger partial charge in [0.1, 0.15) is 0 Å². The number of pyridine rings is 1. The number of carbonyl (C=O) groups is 1. The van der Waals surface area contributed by atoms with Crippen molar-refractivity contribution in [3.05, 3.63) is 54.4 Å². The summed E-state index contributed by atoms with van der Waals surface area (Å²) in [5, 5.41) is 9.62. The lowest BCUT2D eigenvalue weighted by molar-refractivity contribution is -0.129. The third-order valence-corrected chi connectivity index (χ3v) is 6.93. The largest absolute Gasteiger partial charge is 0.342 e. The van der Waals surface area contributed by atoms with Crippen LogP contribution in [0.5, 0.6) is 0 Å².